The molecule has 0 radical (unpaired) electrons. The van der Waals surface area contributed by atoms with Crippen molar-refractivity contribution in [3.63, 3.8) is 0 Å². The zero-order chi connectivity index (χ0) is 20.6. The zero-order valence-corrected chi connectivity index (χ0v) is 16.3. The van der Waals surface area contributed by atoms with Crippen LogP contribution in [0.4, 0.5) is 0 Å². The van der Waals surface area contributed by atoms with E-state index in [1.54, 1.807) is 39.0 Å². The smallest absolute Gasteiger partial charge is 0.334 e. The van der Waals surface area contributed by atoms with Crippen molar-refractivity contribution in [2.45, 2.75) is 57.8 Å². The Bertz CT molecular complexity index is 791. The van der Waals surface area contributed by atoms with Crippen LogP contribution >= 0.6 is 0 Å². The third-order valence-corrected chi connectivity index (χ3v) is 5.90. The standard InChI is InChI=1S/C21H26O7/c1-4-12(3)19(24)27-10-21(26)17(23)9-13-7-14-8-15(28-20(14)25)5-11(2)6-16(22)18(13)21/h4,6,8,13,15-16,18,22,26H,5,7,9-10H2,1-3H3/b11-6+,12-4-/t13-,15+,16-,18-,21-/m1/s1. The van der Waals surface area contributed by atoms with Crippen LogP contribution in [0.5, 0.6) is 0 Å². The second kappa shape index (κ2) is 7.64. The Hall–Kier alpha value is -2.25. The summed E-state index contributed by atoms with van der Waals surface area (Å²) < 4.78 is 10.5. The van der Waals surface area contributed by atoms with Crippen LogP contribution < -0.4 is 0 Å². The van der Waals surface area contributed by atoms with Crippen molar-refractivity contribution in [2.75, 3.05) is 6.61 Å². The molecule has 0 amide bonds. The summed E-state index contributed by atoms with van der Waals surface area (Å²) in [5.74, 6) is -2.90. The van der Waals surface area contributed by atoms with Crippen molar-refractivity contribution in [2.24, 2.45) is 11.8 Å². The fraction of sp³-hybridized carbons (Fsp3) is 0.571. The molecule has 0 aromatic carbocycles. The summed E-state index contributed by atoms with van der Waals surface area (Å²) in [5.41, 5.74) is -0.406. The van der Waals surface area contributed by atoms with Crippen molar-refractivity contribution in [1.29, 1.82) is 0 Å². The maximum absolute atomic E-state index is 12.7. The number of Topliss-reactive ketones (excluding diaryl/α,β-unsaturated/α-hetero) is 1. The largest absolute Gasteiger partial charge is 0.459 e. The first kappa shape index (κ1) is 20.5. The maximum Gasteiger partial charge on any atom is 0.334 e. The summed E-state index contributed by atoms with van der Waals surface area (Å²) in [4.78, 5) is 36.8. The topological polar surface area (TPSA) is 110 Å². The normalized spacial score (nSPS) is 37.5. The number of fused-ring (bicyclic) bond motifs is 2. The van der Waals surface area contributed by atoms with E-state index < -0.39 is 47.9 Å². The van der Waals surface area contributed by atoms with Gasteiger partial charge in [-0.3, -0.25) is 4.79 Å². The lowest BCUT2D eigenvalue weighted by molar-refractivity contribution is -0.160. The molecule has 5 atom stereocenters. The molecule has 0 aromatic heterocycles. The fourth-order valence-electron chi connectivity index (χ4n) is 4.32. The minimum atomic E-state index is -2.01. The van der Waals surface area contributed by atoms with Gasteiger partial charge in [-0.15, -0.1) is 0 Å². The highest BCUT2D eigenvalue weighted by molar-refractivity contribution is 5.93. The van der Waals surface area contributed by atoms with Crippen LogP contribution in [0.25, 0.3) is 0 Å². The molecule has 2 bridgehead atoms. The van der Waals surface area contributed by atoms with Crippen LogP contribution in [-0.4, -0.2) is 52.4 Å². The highest BCUT2D eigenvalue weighted by Crippen LogP contribution is 2.45. The molecule has 1 aliphatic heterocycles. The number of carbonyl (C=O) groups is 3. The Balaban J connectivity index is 1.91. The molecule has 0 aromatic rings. The van der Waals surface area contributed by atoms with Crippen molar-refractivity contribution in [3.05, 3.63) is 34.9 Å². The van der Waals surface area contributed by atoms with E-state index in [0.717, 1.165) is 5.57 Å². The summed E-state index contributed by atoms with van der Waals surface area (Å²) in [5, 5.41) is 22.0. The van der Waals surface area contributed by atoms with Gasteiger partial charge in [0.2, 0.25) is 0 Å². The van der Waals surface area contributed by atoms with E-state index in [-0.39, 0.29) is 18.9 Å². The van der Waals surface area contributed by atoms with Gasteiger partial charge in [0.05, 0.1) is 6.10 Å². The number of ketones is 1. The molecule has 1 heterocycles. The first-order valence-electron chi connectivity index (χ1n) is 9.48. The van der Waals surface area contributed by atoms with Crippen LogP contribution in [0.2, 0.25) is 0 Å². The van der Waals surface area contributed by atoms with Crippen LogP contribution in [0.15, 0.2) is 34.9 Å². The molecule has 3 aliphatic rings. The zero-order valence-electron chi connectivity index (χ0n) is 16.3. The highest BCUT2D eigenvalue weighted by atomic mass is 16.6. The third kappa shape index (κ3) is 3.69. The van der Waals surface area contributed by atoms with Crippen molar-refractivity contribution < 1.29 is 34.1 Å². The van der Waals surface area contributed by atoms with Gasteiger partial charge in [0.1, 0.15) is 12.7 Å². The maximum atomic E-state index is 12.7. The summed E-state index contributed by atoms with van der Waals surface area (Å²) in [7, 11) is 0. The van der Waals surface area contributed by atoms with Gasteiger partial charge in [-0.05, 0) is 39.2 Å². The average Bonchev–Trinajstić information content (AvgIpc) is 3.08. The highest BCUT2D eigenvalue weighted by Gasteiger charge is 2.57. The van der Waals surface area contributed by atoms with E-state index in [0.29, 0.717) is 17.6 Å². The molecular formula is C21H26O7. The van der Waals surface area contributed by atoms with Gasteiger partial charge >= 0.3 is 11.9 Å². The van der Waals surface area contributed by atoms with Gasteiger partial charge in [0, 0.05) is 29.9 Å². The Morgan fingerprint density at radius 1 is 1.32 bits per heavy atom. The van der Waals surface area contributed by atoms with Crippen LogP contribution in [0.1, 0.15) is 40.0 Å². The van der Waals surface area contributed by atoms with E-state index in [2.05, 4.69) is 0 Å². The first-order valence-corrected chi connectivity index (χ1v) is 9.48. The molecule has 3 rings (SSSR count). The number of rotatable bonds is 3. The Kier molecular flexibility index (Phi) is 5.59. The lowest BCUT2D eigenvalue weighted by Crippen LogP contribution is -2.50. The SMILES string of the molecule is C/C=C(/C)C(=O)OC[C@@]1(O)C(=O)C[C@H]2CC3=C[C@H](C/C(C)=C/[C@@H](O)[C@@H]21)OC3=O. The predicted molar refractivity (Wildman–Crippen MR) is 98.9 cm³/mol. The molecule has 2 N–H and O–H groups in total. The molecule has 0 unspecified atom stereocenters. The quantitative estimate of drug-likeness (QED) is 0.426. The van der Waals surface area contributed by atoms with Gasteiger partial charge in [0.25, 0.3) is 0 Å². The molecule has 152 valence electrons. The number of aliphatic hydroxyl groups is 2. The van der Waals surface area contributed by atoms with Crippen molar-refractivity contribution in [3.8, 4) is 0 Å². The number of esters is 2. The van der Waals surface area contributed by atoms with Crippen LogP contribution in [0.3, 0.4) is 0 Å². The minimum Gasteiger partial charge on any atom is -0.459 e. The molecular weight excluding hydrogens is 364 g/mol. The number of hydrogen-bond donors (Lipinski definition) is 2. The second-order valence-corrected chi connectivity index (χ2v) is 7.93. The molecule has 1 fully saturated rings. The van der Waals surface area contributed by atoms with E-state index in [1.807, 2.05) is 0 Å². The average molecular weight is 390 g/mol. The Morgan fingerprint density at radius 2 is 2.04 bits per heavy atom. The number of aliphatic hydroxyl groups excluding tert-OH is 1. The van der Waals surface area contributed by atoms with Gasteiger partial charge in [0.15, 0.2) is 11.4 Å². The molecule has 28 heavy (non-hydrogen) atoms. The van der Waals surface area contributed by atoms with Gasteiger partial charge in [-0.25, -0.2) is 9.59 Å². The summed E-state index contributed by atoms with van der Waals surface area (Å²) in [6, 6.07) is 0. The number of hydrogen-bond acceptors (Lipinski definition) is 7. The molecule has 1 saturated carbocycles. The molecule has 2 aliphatic carbocycles. The fourth-order valence-corrected chi connectivity index (χ4v) is 4.32. The first-order chi connectivity index (χ1) is 13.2. The third-order valence-electron chi connectivity index (χ3n) is 5.90. The summed E-state index contributed by atoms with van der Waals surface area (Å²) in [6.45, 7) is 4.52. The van der Waals surface area contributed by atoms with Crippen molar-refractivity contribution in [1.82, 2.24) is 0 Å². The monoisotopic (exact) mass is 390 g/mol. The van der Waals surface area contributed by atoms with Crippen LogP contribution in [-0.2, 0) is 23.9 Å². The van der Waals surface area contributed by atoms with E-state index in [9.17, 15) is 24.6 Å². The van der Waals surface area contributed by atoms with Gasteiger partial charge in [-0.1, -0.05) is 17.7 Å². The Labute approximate surface area is 163 Å². The van der Waals surface area contributed by atoms with E-state index in [4.69, 9.17) is 9.47 Å². The number of carbonyl (C=O) groups excluding carboxylic acids is 3. The molecule has 0 spiro atoms. The summed E-state index contributed by atoms with van der Waals surface area (Å²) >= 11 is 0. The Morgan fingerprint density at radius 3 is 2.71 bits per heavy atom. The second-order valence-electron chi connectivity index (χ2n) is 7.93. The number of ether oxygens (including phenoxy) is 2. The van der Waals surface area contributed by atoms with Crippen molar-refractivity contribution >= 4 is 17.7 Å². The van der Waals surface area contributed by atoms with Gasteiger partial charge in [-0.2, -0.15) is 0 Å². The van der Waals surface area contributed by atoms with Crippen LogP contribution in [0, 0.1) is 11.8 Å². The lowest BCUT2D eigenvalue weighted by atomic mass is 9.78. The molecule has 0 saturated heterocycles. The number of allylic oxidation sites excluding steroid dienone is 1. The lowest BCUT2D eigenvalue weighted by Gasteiger charge is -2.33. The predicted octanol–water partition coefficient (Wildman–Crippen LogP) is 1.38. The molecule has 7 nitrogen and oxygen atoms in total. The van der Waals surface area contributed by atoms with E-state index >= 15 is 0 Å². The van der Waals surface area contributed by atoms with E-state index in [1.165, 1.54) is 0 Å². The summed E-state index contributed by atoms with van der Waals surface area (Å²) in [6.07, 6.45) is 4.08. The van der Waals surface area contributed by atoms with Gasteiger partial charge < -0.3 is 19.7 Å². The molecule has 7 heteroatoms. The minimum absolute atomic E-state index is 0.0133.